The summed E-state index contributed by atoms with van der Waals surface area (Å²) in [6.45, 7) is 2.84. The van der Waals surface area contributed by atoms with E-state index in [2.05, 4.69) is 20.2 Å². The lowest BCUT2D eigenvalue weighted by Crippen LogP contribution is -2.48. The van der Waals surface area contributed by atoms with Crippen LogP contribution in [0.25, 0.3) is 0 Å². The number of nitrogens with one attached hydrogen (secondary N) is 1. The van der Waals surface area contributed by atoms with E-state index in [-0.39, 0.29) is 11.6 Å². The van der Waals surface area contributed by atoms with E-state index in [1.807, 2.05) is 7.05 Å². The highest BCUT2D eigenvalue weighted by molar-refractivity contribution is 5.96. The second-order valence-corrected chi connectivity index (χ2v) is 4.82. The Labute approximate surface area is 115 Å². The van der Waals surface area contributed by atoms with Gasteiger partial charge in [0.25, 0.3) is 5.91 Å². The molecule has 8 nitrogen and oxygen atoms in total. The van der Waals surface area contributed by atoms with Gasteiger partial charge in [0.05, 0.1) is 0 Å². The summed E-state index contributed by atoms with van der Waals surface area (Å²) in [5, 5.41) is 2.55. The predicted octanol–water partition coefficient (Wildman–Crippen LogP) is -0.397. The fourth-order valence-corrected chi connectivity index (χ4v) is 2.22. The van der Waals surface area contributed by atoms with E-state index < -0.39 is 12.3 Å². The largest absolute Gasteiger partial charge is 0.419 e. The Morgan fingerprint density at radius 1 is 1.30 bits per heavy atom. The van der Waals surface area contributed by atoms with Gasteiger partial charge in [0, 0.05) is 38.6 Å². The normalized spacial score (nSPS) is 22.4. The van der Waals surface area contributed by atoms with Crippen LogP contribution in [-0.4, -0.2) is 65.0 Å². The molecule has 0 aromatic carbocycles. The van der Waals surface area contributed by atoms with Gasteiger partial charge in [0.15, 0.2) is 5.69 Å². The maximum absolute atomic E-state index is 12.1. The zero-order valence-electron chi connectivity index (χ0n) is 11.1. The number of amides is 2. The first-order chi connectivity index (χ1) is 9.65. The molecule has 0 aliphatic carbocycles. The number of fused-ring (bicyclic) bond motifs is 1. The third kappa shape index (κ3) is 2.29. The topological polar surface area (TPSA) is 87.7 Å². The Balaban J connectivity index is 1.67. The summed E-state index contributed by atoms with van der Waals surface area (Å²) in [5.41, 5.74) is 0.573. The van der Waals surface area contributed by atoms with Crippen molar-refractivity contribution in [2.75, 3.05) is 33.2 Å². The number of aromatic nitrogens is 2. The summed E-state index contributed by atoms with van der Waals surface area (Å²) in [4.78, 5) is 35.5. The van der Waals surface area contributed by atoms with Crippen LogP contribution >= 0.6 is 0 Å². The molecule has 1 aromatic rings. The second kappa shape index (κ2) is 5.04. The van der Waals surface area contributed by atoms with Crippen molar-refractivity contribution in [3.8, 4) is 0 Å². The van der Waals surface area contributed by atoms with Crippen molar-refractivity contribution in [3.63, 3.8) is 0 Å². The van der Waals surface area contributed by atoms with Gasteiger partial charge in [0.2, 0.25) is 6.23 Å². The van der Waals surface area contributed by atoms with Gasteiger partial charge < -0.3 is 19.9 Å². The lowest BCUT2D eigenvalue weighted by molar-refractivity contribution is 0.0375. The molecule has 1 atom stereocenters. The Hall–Kier alpha value is -2.22. The average Bonchev–Trinajstić information content (AvgIpc) is 2.77. The summed E-state index contributed by atoms with van der Waals surface area (Å²) >= 11 is 0. The lowest BCUT2D eigenvalue weighted by Gasteiger charge is -2.32. The van der Waals surface area contributed by atoms with Gasteiger partial charge >= 0.3 is 6.09 Å². The zero-order chi connectivity index (χ0) is 14.1. The van der Waals surface area contributed by atoms with Crippen molar-refractivity contribution in [2.45, 2.75) is 6.23 Å². The quantitative estimate of drug-likeness (QED) is 0.751. The maximum Gasteiger partial charge on any atom is 0.412 e. The maximum atomic E-state index is 12.1. The molecule has 0 bridgehead atoms. The number of likely N-dealkylation sites (N-methyl/N-ethyl adjacent to an activating group) is 1. The van der Waals surface area contributed by atoms with Gasteiger partial charge in [-0.2, -0.15) is 0 Å². The molecule has 8 heteroatoms. The number of carbonyl (C=O) groups is 2. The molecule has 20 heavy (non-hydrogen) atoms. The smallest absolute Gasteiger partial charge is 0.412 e. The molecule has 2 aliphatic rings. The highest BCUT2D eigenvalue weighted by atomic mass is 16.6. The lowest BCUT2D eigenvalue weighted by atomic mass is 10.3. The second-order valence-electron chi connectivity index (χ2n) is 4.82. The molecule has 2 aliphatic heterocycles. The Morgan fingerprint density at radius 3 is 2.75 bits per heavy atom. The molecule has 1 unspecified atom stereocenters. The third-order valence-corrected chi connectivity index (χ3v) is 3.43. The van der Waals surface area contributed by atoms with Crippen LogP contribution in [0.4, 0.5) is 4.79 Å². The minimum atomic E-state index is -0.849. The monoisotopic (exact) mass is 277 g/mol. The summed E-state index contributed by atoms with van der Waals surface area (Å²) in [5.74, 6) is -0.371. The number of nitrogens with zero attached hydrogens (tertiary/aromatic N) is 4. The highest BCUT2D eigenvalue weighted by Crippen LogP contribution is 2.22. The van der Waals surface area contributed by atoms with E-state index in [1.165, 1.54) is 12.4 Å². The van der Waals surface area contributed by atoms with Gasteiger partial charge in [-0.3, -0.25) is 9.78 Å². The molecule has 2 amide bonds. The van der Waals surface area contributed by atoms with E-state index in [1.54, 1.807) is 4.90 Å². The van der Waals surface area contributed by atoms with Gasteiger partial charge in [-0.1, -0.05) is 0 Å². The number of carbonyl (C=O) groups excluding carboxylic acids is 2. The van der Waals surface area contributed by atoms with Crippen LogP contribution in [0.15, 0.2) is 12.4 Å². The van der Waals surface area contributed by atoms with Crippen LogP contribution in [0.5, 0.6) is 0 Å². The molecule has 0 radical (unpaired) electrons. The first-order valence-electron chi connectivity index (χ1n) is 6.41. The molecule has 106 valence electrons. The number of piperazine rings is 1. The van der Waals surface area contributed by atoms with Gasteiger partial charge in [-0.15, -0.1) is 0 Å². The van der Waals surface area contributed by atoms with Crippen molar-refractivity contribution in [2.24, 2.45) is 0 Å². The molecule has 1 fully saturated rings. The van der Waals surface area contributed by atoms with Crippen LogP contribution < -0.4 is 5.32 Å². The van der Waals surface area contributed by atoms with Gasteiger partial charge in [-0.25, -0.2) is 9.78 Å². The number of hydrogen-bond acceptors (Lipinski definition) is 6. The Bertz CT molecular complexity index is 542. The van der Waals surface area contributed by atoms with E-state index in [9.17, 15) is 9.59 Å². The molecular formula is C12H15N5O3. The first-order valence-corrected chi connectivity index (χ1v) is 6.41. The number of rotatable bonds is 1. The molecule has 0 spiro atoms. The van der Waals surface area contributed by atoms with E-state index in [4.69, 9.17) is 4.74 Å². The van der Waals surface area contributed by atoms with Crippen molar-refractivity contribution < 1.29 is 14.3 Å². The summed E-state index contributed by atoms with van der Waals surface area (Å²) < 4.78 is 5.32. The molecule has 0 saturated carbocycles. The van der Waals surface area contributed by atoms with Crippen molar-refractivity contribution >= 4 is 12.0 Å². The van der Waals surface area contributed by atoms with Crippen molar-refractivity contribution in [1.82, 2.24) is 25.1 Å². The van der Waals surface area contributed by atoms with Crippen LogP contribution in [0.2, 0.25) is 0 Å². The van der Waals surface area contributed by atoms with Gasteiger partial charge in [0.1, 0.15) is 5.69 Å². The molecular weight excluding hydrogens is 262 g/mol. The molecule has 1 saturated heterocycles. The summed E-state index contributed by atoms with van der Waals surface area (Å²) in [6.07, 6.45) is 1.61. The third-order valence-electron chi connectivity index (χ3n) is 3.43. The van der Waals surface area contributed by atoms with E-state index in [0.29, 0.717) is 18.8 Å². The van der Waals surface area contributed by atoms with Crippen molar-refractivity contribution in [1.29, 1.82) is 0 Å². The average molecular weight is 277 g/mol. The van der Waals surface area contributed by atoms with Crippen LogP contribution in [0, 0.1) is 0 Å². The minimum absolute atomic E-state index is 0.212. The fraction of sp³-hybridized carbons (Fsp3) is 0.500. The molecule has 1 N–H and O–H groups in total. The molecule has 1 aromatic heterocycles. The van der Waals surface area contributed by atoms with Gasteiger partial charge in [-0.05, 0) is 7.05 Å². The standard InChI is InChI=1S/C12H15N5O3/c1-16-4-6-17(7-5-16)12(19)20-11-9-8(10(18)15-11)13-2-3-14-9/h2-3,11H,4-7H2,1H3,(H,15,18). The SMILES string of the molecule is CN1CCN(C(=O)OC2NC(=O)c3nccnc32)CC1. The minimum Gasteiger partial charge on any atom is -0.419 e. The number of hydrogen-bond donors (Lipinski definition) is 1. The summed E-state index contributed by atoms with van der Waals surface area (Å²) in [6, 6.07) is 0. The molecule has 3 heterocycles. The first kappa shape index (κ1) is 12.8. The van der Waals surface area contributed by atoms with Crippen LogP contribution in [0.3, 0.4) is 0 Å². The van der Waals surface area contributed by atoms with Crippen LogP contribution in [-0.2, 0) is 4.74 Å². The van der Waals surface area contributed by atoms with Crippen LogP contribution in [0.1, 0.15) is 22.4 Å². The van der Waals surface area contributed by atoms with E-state index in [0.717, 1.165) is 13.1 Å². The van der Waals surface area contributed by atoms with Crippen molar-refractivity contribution in [3.05, 3.63) is 23.8 Å². The predicted molar refractivity (Wildman–Crippen MR) is 67.8 cm³/mol. The highest BCUT2D eigenvalue weighted by Gasteiger charge is 2.35. The Morgan fingerprint density at radius 2 is 2.00 bits per heavy atom. The summed E-state index contributed by atoms with van der Waals surface area (Å²) in [7, 11) is 2.01. The number of ether oxygens (including phenoxy) is 1. The van der Waals surface area contributed by atoms with E-state index >= 15 is 0 Å². The zero-order valence-corrected chi connectivity index (χ0v) is 11.1. The molecule has 3 rings (SSSR count). The Kier molecular flexibility index (Phi) is 3.23. The fourth-order valence-electron chi connectivity index (χ4n) is 2.22.